The van der Waals surface area contributed by atoms with Crippen LogP contribution in [0.25, 0.3) is 0 Å². The Bertz CT molecular complexity index is 2290. The largest absolute Gasteiger partial charge is 0.489 e. The van der Waals surface area contributed by atoms with Crippen LogP contribution in [0.1, 0.15) is 43.7 Å². The second kappa shape index (κ2) is 17.5. The first-order valence-corrected chi connectivity index (χ1v) is 21.3. The van der Waals surface area contributed by atoms with Crippen LogP contribution in [-0.2, 0) is 45.8 Å². The molecule has 4 aromatic carbocycles. The number of nitrogens with zero attached hydrogens (tertiary/aromatic N) is 2. The van der Waals surface area contributed by atoms with E-state index in [-0.39, 0.29) is 65.6 Å². The van der Waals surface area contributed by atoms with Crippen molar-refractivity contribution >= 4 is 43.5 Å². The molecule has 2 saturated heterocycles. The van der Waals surface area contributed by atoms with Gasteiger partial charge in [-0.05, 0) is 136 Å². The second-order valence-electron chi connectivity index (χ2n) is 13.9. The van der Waals surface area contributed by atoms with Crippen molar-refractivity contribution < 1.29 is 55.0 Å². The predicted molar refractivity (Wildman–Crippen MR) is 204 cm³/mol. The standard InChI is InChI=1S/C39H41ClFN3O11S2/c1-26-23-30(41)9-6-27(26)25-53-31-12-18-35(19-13-31)57(50,51)43-21-4-20-39(2,47)36(43)38(46)55-44(37(45)28-5-3-22-52-24-28)42-56(48,49)34-16-14-33(15-17-34)54-32-10-7-29(40)8-11-32/h6-19,23,28,36,42,47H,3-5,20-22,24-25H2,1-2H3/t28?,36-,39+/m0/s1. The van der Waals surface area contributed by atoms with Gasteiger partial charge in [0, 0.05) is 18.2 Å². The zero-order chi connectivity index (χ0) is 41.0. The van der Waals surface area contributed by atoms with Crippen molar-refractivity contribution in [1.82, 2.24) is 14.3 Å². The Hall–Kier alpha value is -4.62. The molecule has 0 aromatic heterocycles. The van der Waals surface area contributed by atoms with Gasteiger partial charge >= 0.3 is 5.97 Å². The van der Waals surface area contributed by atoms with Crippen LogP contribution in [0.3, 0.4) is 0 Å². The van der Waals surface area contributed by atoms with Crippen molar-refractivity contribution in [3.63, 3.8) is 0 Å². The van der Waals surface area contributed by atoms with Gasteiger partial charge in [-0.25, -0.2) is 26.0 Å². The Morgan fingerprint density at radius 1 is 0.947 bits per heavy atom. The van der Waals surface area contributed by atoms with Crippen molar-refractivity contribution in [2.24, 2.45) is 5.92 Å². The second-order valence-corrected chi connectivity index (χ2v) is 17.9. The fourth-order valence-electron chi connectivity index (χ4n) is 6.46. The fourth-order valence-corrected chi connectivity index (χ4v) is 9.24. The van der Waals surface area contributed by atoms with Crippen molar-refractivity contribution in [2.45, 2.75) is 67.6 Å². The third kappa shape index (κ3) is 10.1. The average molecular weight is 846 g/mol. The molecule has 2 heterocycles. The van der Waals surface area contributed by atoms with Crippen LogP contribution in [0.4, 0.5) is 4.39 Å². The highest BCUT2D eigenvalue weighted by molar-refractivity contribution is 7.89. The maximum atomic E-state index is 14.1. The lowest BCUT2D eigenvalue weighted by molar-refractivity contribution is -0.218. The van der Waals surface area contributed by atoms with Crippen LogP contribution in [-0.4, -0.2) is 74.7 Å². The van der Waals surface area contributed by atoms with Gasteiger partial charge in [0.2, 0.25) is 10.0 Å². The minimum Gasteiger partial charge on any atom is -0.489 e. The van der Waals surface area contributed by atoms with Crippen molar-refractivity contribution in [2.75, 3.05) is 19.8 Å². The summed E-state index contributed by atoms with van der Waals surface area (Å²) >= 11 is 5.93. The Morgan fingerprint density at radius 2 is 1.58 bits per heavy atom. The number of sulfonamides is 2. The molecule has 4 aromatic rings. The molecule has 6 rings (SSSR count). The predicted octanol–water partition coefficient (Wildman–Crippen LogP) is 5.67. The number of rotatable bonds is 12. The summed E-state index contributed by atoms with van der Waals surface area (Å²) in [5, 5.41) is 12.1. The first kappa shape index (κ1) is 42.0. The molecule has 2 aliphatic heterocycles. The summed E-state index contributed by atoms with van der Waals surface area (Å²) in [4.78, 5) is 34.7. The fraction of sp³-hybridized carbons (Fsp3) is 0.333. The van der Waals surface area contributed by atoms with E-state index in [1.807, 2.05) is 4.83 Å². The lowest BCUT2D eigenvalue weighted by Crippen LogP contribution is -2.63. The summed E-state index contributed by atoms with van der Waals surface area (Å²) in [5.74, 6) is -2.62. The summed E-state index contributed by atoms with van der Waals surface area (Å²) in [6.07, 6.45) is 0.908. The molecule has 0 spiro atoms. The van der Waals surface area contributed by atoms with Crippen LogP contribution in [0.2, 0.25) is 5.02 Å². The summed E-state index contributed by atoms with van der Waals surface area (Å²) < 4.78 is 86.7. The van der Waals surface area contributed by atoms with Gasteiger partial charge in [0.15, 0.2) is 6.04 Å². The molecule has 1 amide bonds. The molecule has 2 aliphatic rings. The zero-order valence-corrected chi connectivity index (χ0v) is 33.4. The quantitative estimate of drug-likeness (QED) is 0.168. The van der Waals surface area contributed by atoms with Gasteiger partial charge < -0.3 is 24.2 Å². The molecule has 14 nitrogen and oxygen atoms in total. The van der Waals surface area contributed by atoms with E-state index in [9.17, 15) is 35.9 Å². The number of hydrazine groups is 1. The van der Waals surface area contributed by atoms with Crippen LogP contribution in [0.5, 0.6) is 17.2 Å². The van der Waals surface area contributed by atoms with Crippen LogP contribution in [0.15, 0.2) is 101 Å². The van der Waals surface area contributed by atoms with Gasteiger partial charge in [-0.2, -0.15) is 4.31 Å². The molecule has 2 N–H and O–H groups in total. The minimum atomic E-state index is -4.62. The molecular formula is C39H41ClFN3O11S2. The number of aryl methyl sites for hydroxylation is 1. The van der Waals surface area contributed by atoms with Crippen molar-refractivity contribution in [3.8, 4) is 17.2 Å². The van der Waals surface area contributed by atoms with E-state index in [1.54, 1.807) is 37.3 Å². The highest BCUT2D eigenvalue weighted by Crippen LogP contribution is 2.34. The normalized spacial score (nSPS) is 20.4. The summed E-state index contributed by atoms with van der Waals surface area (Å²) in [6.45, 7) is 3.17. The number of piperidine rings is 1. The Morgan fingerprint density at radius 3 is 2.21 bits per heavy atom. The number of hydrogen-bond donors (Lipinski definition) is 2. The average Bonchev–Trinajstić information content (AvgIpc) is 3.18. The number of halogens is 2. The smallest absolute Gasteiger partial charge is 0.355 e. The van der Waals surface area contributed by atoms with E-state index < -0.39 is 49.5 Å². The van der Waals surface area contributed by atoms with E-state index in [0.29, 0.717) is 35.1 Å². The van der Waals surface area contributed by atoms with E-state index in [4.69, 9.17) is 30.6 Å². The summed E-state index contributed by atoms with van der Waals surface area (Å²) in [6, 6.07) is 19.4. The molecule has 0 saturated carbocycles. The summed E-state index contributed by atoms with van der Waals surface area (Å²) in [5.41, 5.74) is -0.590. The molecular weight excluding hydrogens is 805 g/mol. The Kier molecular flexibility index (Phi) is 12.9. The molecule has 57 heavy (non-hydrogen) atoms. The Balaban J connectivity index is 1.22. The number of amides is 1. The van der Waals surface area contributed by atoms with Crippen LogP contribution < -0.4 is 14.3 Å². The monoisotopic (exact) mass is 845 g/mol. The number of carbonyl (C=O) groups is 2. The summed E-state index contributed by atoms with van der Waals surface area (Å²) in [7, 11) is -9.13. The number of benzene rings is 4. The highest BCUT2D eigenvalue weighted by atomic mass is 35.5. The number of hydrogen-bond acceptors (Lipinski definition) is 11. The van der Waals surface area contributed by atoms with Gasteiger partial charge in [0.25, 0.3) is 15.9 Å². The number of nitrogens with one attached hydrogen (secondary N) is 1. The van der Waals surface area contributed by atoms with E-state index in [0.717, 1.165) is 9.87 Å². The van der Waals surface area contributed by atoms with Crippen molar-refractivity contribution in [3.05, 3.63) is 113 Å². The van der Waals surface area contributed by atoms with Crippen LogP contribution >= 0.6 is 11.6 Å². The maximum absolute atomic E-state index is 14.1. The van der Waals surface area contributed by atoms with Gasteiger partial charge in [-0.1, -0.05) is 27.7 Å². The van der Waals surface area contributed by atoms with Gasteiger partial charge in [-0.3, -0.25) is 4.79 Å². The maximum Gasteiger partial charge on any atom is 0.355 e. The van der Waals surface area contributed by atoms with E-state index in [2.05, 4.69) is 0 Å². The Labute approximate surface area is 335 Å². The molecule has 304 valence electrons. The molecule has 0 aliphatic carbocycles. The molecule has 3 atom stereocenters. The van der Waals surface area contributed by atoms with Gasteiger partial charge in [0.05, 0.1) is 27.9 Å². The molecule has 18 heteroatoms. The molecule has 0 bridgehead atoms. The molecule has 1 unspecified atom stereocenters. The topological polar surface area (TPSA) is 178 Å². The van der Waals surface area contributed by atoms with Crippen molar-refractivity contribution in [1.29, 1.82) is 0 Å². The first-order chi connectivity index (χ1) is 27.0. The van der Waals surface area contributed by atoms with E-state index >= 15 is 0 Å². The lowest BCUT2D eigenvalue weighted by atomic mass is 9.88. The number of ether oxygens (including phenoxy) is 3. The van der Waals surface area contributed by atoms with E-state index in [1.165, 1.54) is 67.6 Å². The van der Waals surface area contributed by atoms with Gasteiger partial charge in [-0.15, -0.1) is 0 Å². The van der Waals surface area contributed by atoms with Gasteiger partial charge in [0.1, 0.15) is 29.7 Å². The van der Waals surface area contributed by atoms with Crippen LogP contribution in [0, 0.1) is 18.7 Å². The molecule has 2 fully saturated rings. The minimum absolute atomic E-state index is 0.0189. The first-order valence-electron chi connectivity index (χ1n) is 17.9. The third-order valence-electron chi connectivity index (χ3n) is 9.57. The SMILES string of the molecule is Cc1cc(F)ccc1COc1ccc(S(=O)(=O)N2CCC[C@@](C)(O)[C@@H]2C(=O)ON(NS(=O)(=O)c2ccc(Oc3ccc(Cl)cc3)cc2)C(=O)C2CCCOC2)cc1. The number of aliphatic hydroxyl groups is 1. The third-order valence-corrected chi connectivity index (χ3v) is 13.0. The number of carbonyl (C=O) groups excluding carboxylic acids is 2. The zero-order valence-electron chi connectivity index (χ0n) is 31.0. The molecule has 0 radical (unpaired) electrons. The number of hydroxylamine groups is 1. The lowest BCUT2D eigenvalue weighted by Gasteiger charge is -2.42. The highest BCUT2D eigenvalue weighted by Gasteiger charge is 2.51.